The number of nitrogens with zero attached hydrogens (tertiary/aromatic N) is 3. The second-order valence-corrected chi connectivity index (χ2v) is 10.4. The van der Waals surface area contributed by atoms with Crippen LogP contribution >= 0.6 is 11.3 Å². The van der Waals surface area contributed by atoms with Gasteiger partial charge in [-0.1, -0.05) is 6.07 Å². The Morgan fingerprint density at radius 3 is 2.71 bits per heavy atom. The van der Waals surface area contributed by atoms with E-state index in [-0.39, 0.29) is 35.3 Å². The molecule has 2 N–H and O–H groups in total. The maximum atomic E-state index is 15.0. The standard InChI is InChI=1S/C21H20F5N5O2S2/c1-12-16(7-15(22)20(19(12)23)35(32,33)30-18-10-34-11-27-18)28-14-5-6-31(9-14)8-13-3-2-4-17(29-13)21(24,25)26/h2-4,7,10-11,14,28,30H,5-6,8-9H2,1H3. The van der Waals surface area contributed by atoms with E-state index in [1.165, 1.54) is 29.9 Å². The van der Waals surface area contributed by atoms with E-state index in [0.29, 0.717) is 19.5 Å². The molecule has 35 heavy (non-hydrogen) atoms. The van der Waals surface area contributed by atoms with Crippen molar-refractivity contribution in [1.29, 1.82) is 0 Å². The Kier molecular flexibility index (Phi) is 6.97. The fraction of sp³-hybridized carbons (Fsp3) is 0.333. The van der Waals surface area contributed by atoms with Gasteiger partial charge in [-0.05, 0) is 31.5 Å². The number of hydrogen-bond acceptors (Lipinski definition) is 7. The van der Waals surface area contributed by atoms with Crippen LogP contribution in [0.1, 0.15) is 23.4 Å². The van der Waals surface area contributed by atoms with Crippen molar-refractivity contribution < 1.29 is 30.4 Å². The summed E-state index contributed by atoms with van der Waals surface area (Å²) < 4.78 is 95.5. The highest BCUT2D eigenvalue weighted by Crippen LogP contribution is 2.31. The maximum absolute atomic E-state index is 15.0. The fourth-order valence-electron chi connectivity index (χ4n) is 3.81. The van der Waals surface area contributed by atoms with E-state index in [9.17, 15) is 30.4 Å². The van der Waals surface area contributed by atoms with Crippen molar-refractivity contribution in [1.82, 2.24) is 14.9 Å². The number of aromatic nitrogens is 2. The van der Waals surface area contributed by atoms with Crippen molar-refractivity contribution in [3.8, 4) is 0 Å². The number of pyridine rings is 1. The number of halogens is 5. The van der Waals surface area contributed by atoms with Gasteiger partial charge in [0.2, 0.25) is 0 Å². The van der Waals surface area contributed by atoms with Crippen LogP contribution in [0.15, 0.2) is 40.1 Å². The summed E-state index contributed by atoms with van der Waals surface area (Å²) in [5.74, 6) is -2.53. The summed E-state index contributed by atoms with van der Waals surface area (Å²) in [6, 6.07) is 4.37. The Hall–Kier alpha value is -2.84. The average Bonchev–Trinajstić information content (AvgIpc) is 3.43. The number of rotatable bonds is 7. The average molecular weight is 534 g/mol. The van der Waals surface area contributed by atoms with Crippen molar-refractivity contribution in [3.63, 3.8) is 0 Å². The van der Waals surface area contributed by atoms with Gasteiger partial charge in [0.1, 0.15) is 11.5 Å². The molecule has 1 aromatic carbocycles. The summed E-state index contributed by atoms with van der Waals surface area (Å²) >= 11 is 1.12. The van der Waals surface area contributed by atoms with Crippen LogP contribution in [0.5, 0.6) is 0 Å². The molecule has 0 aliphatic carbocycles. The topological polar surface area (TPSA) is 87.2 Å². The predicted molar refractivity (Wildman–Crippen MR) is 121 cm³/mol. The molecule has 1 aliphatic rings. The van der Waals surface area contributed by atoms with Crippen LogP contribution < -0.4 is 10.0 Å². The summed E-state index contributed by atoms with van der Waals surface area (Å²) in [5.41, 5.74) is 0.678. The molecule has 3 aromatic rings. The maximum Gasteiger partial charge on any atom is 0.433 e. The number of anilines is 2. The molecule has 1 saturated heterocycles. The Labute approximate surface area is 202 Å². The van der Waals surface area contributed by atoms with Crippen LogP contribution in [0.25, 0.3) is 0 Å². The highest BCUT2D eigenvalue weighted by molar-refractivity contribution is 7.92. The zero-order valence-electron chi connectivity index (χ0n) is 18.2. The van der Waals surface area contributed by atoms with Crippen LogP contribution in [0.3, 0.4) is 0 Å². The van der Waals surface area contributed by atoms with Crippen LogP contribution in [0.2, 0.25) is 0 Å². The van der Waals surface area contributed by atoms with E-state index in [4.69, 9.17) is 0 Å². The summed E-state index contributed by atoms with van der Waals surface area (Å²) in [5, 5.41) is 4.40. The van der Waals surface area contributed by atoms with Crippen LogP contribution in [0.4, 0.5) is 33.5 Å². The third-order valence-corrected chi connectivity index (χ3v) is 7.45. The molecular formula is C21H20F5N5O2S2. The van der Waals surface area contributed by atoms with E-state index in [1.807, 2.05) is 9.62 Å². The van der Waals surface area contributed by atoms with Crippen molar-refractivity contribution >= 4 is 32.9 Å². The smallest absolute Gasteiger partial charge is 0.381 e. The lowest BCUT2D eigenvalue weighted by Crippen LogP contribution is -2.27. The molecule has 0 bridgehead atoms. The minimum Gasteiger partial charge on any atom is -0.381 e. The molecular weight excluding hydrogens is 513 g/mol. The summed E-state index contributed by atoms with van der Waals surface area (Å²) in [7, 11) is -4.55. The molecule has 1 aliphatic heterocycles. The Balaban J connectivity index is 1.46. The zero-order valence-corrected chi connectivity index (χ0v) is 19.9. The first kappa shape index (κ1) is 25.3. The first-order chi connectivity index (χ1) is 16.4. The van der Waals surface area contributed by atoms with Gasteiger partial charge >= 0.3 is 6.18 Å². The van der Waals surface area contributed by atoms with Crippen molar-refractivity contribution in [2.24, 2.45) is 0 Å². The van der Waals surface area contributed by atoms with Gasteiger partial charge in [0.15, 0.2) is 16.5 Å². The molecule has 0 amide bonds. The fourth-order valence-corrected chi connectivity index (χ4v) is 5.56. The molecule has 0 radical (unpaired) electrons. The van der Waals surface area contributed by atoms with Crippen molar-refractivity contribution in [3.05, 3.63) is 63.7 Å². The number of benzene rings is 1. The van der Waals surface area contributed by atoms with E-state index in [1.54, 1.807) is 0 Å². The van der Waals surface area contributed by atoms with Gasteiger partial charge in [0, 0.05) is 42.3 Å². The Bertz CT molecular complexity index is 1320. The molecule has 3 heterocycles. The quantitative estimate of drug-likeness (QED) is 0.431. The van der Waals surface area contributed by atoms with Gasteiger partial charge in [0.25, 0.3) is 10.0 Å². The molecule has 2 aromatic heterocycles. The molecule has 1 unspecified atom stereocenters. The minimum atomic E-state index is -4.55. The van der Waals surface area contributed by atoms with Crippen LogP contribution in [0, 0.1) is 18.6 Å². The van der Waals surface area contributed by atoms with E-state index < -0.39 is 38.4 Å². The number of nitrogens with one attached hydrogen (secondary N) is 2. The molecule has 14 heteroatoms. The highest BCUT2D eigenvalue weighted by Gasteiger charge is 2.33. The van der Waals surface area contributed by atoms with Gasteiger partial charge in [-0.15, -0.1) is 11.3 Å². The lowest BCUT2D eigenvalue weighted by atomic mass is 10.1. The summed E-state index contributed by atoms with van der Waals surface area (Å²) in [4.78, 5) is 8.19. The third-order valence-electron chi connectivity index (χ3n) is 5.48. The lowest BCUT2D eigenvalue weighted by Gasteiger charge is -2.20. The summed E-state index contributed by atoms with van der Waals surface area (Å²) in [6.07, 6.45) is -3.97. The number of likely N-dealkylation sites (tertiary alicyclic amines) is 1. The van der Waals surface area contributed by atoms with Crippen molar-refractivity contribution in [2.45, 2.75) is 37.0 Å². The van der Waals surface area contributed by atoms with Gasteiger partial charge < -0.3 is 5.32 Å². The highest BCUT2D eigenvalue weighted by atomic mass is 32.2. The van der Waals surface area contributed by atoms with Gasteiger partial charge in [0.05, 0.1) is 11.2 Å². The van der Waals surface area contributed by atoms with E-state index >= 15 is 0 Å². The number of hydrogen-bond donors (Lipinski definition) is 2. The van der Waals surface area contributed by atoms with Crippen LogP contribution in [-0.2, 0) is 22.7 Å². The molecule has 1 fully saturated rings. The van der Waals surface area contributed by atoms with Gasteiger partial charge in [-0.25, -0.2) is 27.2 Å². The normalized spacial score (nSPS) is 17.0. The third kappa shape index (κ3) is 5.70. The SMILES string of the molecule is Cc1c(NC2CCN(Cc3cccc(C(F)(F)F)n3)C2)cc(F)c(S(=O)(=O)Nc2cscn2)c1F. The number of alkyl halides is 3. The molecule has 188 valence electrons. The minimum absolute atomic E-state index is 0.0463. The molecule has 7 nitrogen and oxygen atoms in total. The van der Waals surface area contributed by atoms with E-state index in [2.05, 4.69) is 15.3 Å². The lowest BCUT2D eigenvalue weighted by molar-refractivity contribution is -0.141. The van der Waals surface area contributed by atoms with E-state index in [0.717, 1.165) is 23.5 Å². The second-order valence-electron chi connectivity index (χ2n) is 8.03. The predicted octanol–water partition coefficient (Wildman–Crippen LogP) is 4.63. The number of thiazole rings is 1. The van der Waals surface area contributed by atoms with Crippen molar-refractivity contribution in [2.75, 3.05) is 23.1 Å². The summed E-state index contributed by atoms with van der Waals surface area (Å²) in [6.45, 7) is 2.44. The Morgan fingerprint density at radius 1 is 1.26 bits per heavy atom. The largest absolute Gasteiger partial charge is 0.433 e. The van der Waals surface area contributed by atoms with Gasteiger partial charge in [-0.2, -0.15) is 13.2 Å². The number of sulfonamides is 1. The van der Waals surface area contributed by atoms with Gasteiger partial charge in [-0.3, -0.25) is 9.62 Å². The zero-order chi connectivity index (χ0) is 25.4. The first-order valence-corrected chi connectivity index (χ1v) is 12.8. The molecule has 0 saturated carbocycles. The molecule has 4 rings (SSSR count). The first-order valence-electron chi connectivity index (χ1n) is 10.4. The molecule has 0 spiro atoms. The Morgan fingerprint density at radius 2 is 2.03 bits per heavy atom. The second kappa shape index (κ2) is 9.66. The monoisotopic (exact) mass is 533 g/mol. The van der Waals surface area contributed by atoms with Crippen LogP contribution in [-0.4, -0.2) is 42.4 Å². The molecule has 1 atom stereocenters.